The molecule has 0 saturated carbocycles. The molecule has 31 heavy (non-hydrogen) atoms. The molecule has 6 nitrogen and oxygen atoms in total. The Morgan fingerprint density at radius 1 is 1.16 bits per heavy atom. The number of aldehydes is 1. The largest absolute Gasteiger partial charge is 0.507 e. The zero-order valence-corrected chi connectivity index (χ0v) is 18.1. The van der Waals surface area contributed by atoms with Crippen molar-refractivity contribution in [1.29, 1.82) is 0 Å². The summed E-state index contributed by atoms with van der Waals surface area (Å²) in [6, 6.07) is 8.25. The molecule has 1 aliphatic rings. The van der Waals surface area contributed by atoms with Crippen molar-refractivity contribution in [2.24, 2.45) is 0 Å². The van der Waals surface area contributed by atoms with E-state index >= 15 is 0 Å². The number of aryl methyl sites for hydroxylation is 1. The number of rotatable bonds is 6. The Labute approximate surface area is 182 Å². The van der Waals surface area contributed by atoms with Gasteiger partial charge in [-0.25, -0.2) is 4.79 Å². The molecule has 0 saturated heterocycles. The molecule has 1 heterocycles. The predicted molar refractivity (Wildman–Crippen MR) is 118 cm³/mol. The number of aromatic hydroxyl groups is 1. The van der Waals surface area contributed by atoms with E-state index in [0.717, 1.165) is 19.3 Å². The molecule has 164 valence electrons. The van der Waals surface area contributed by atoms with Gasteiger partial charge in [0.2, 0.25) is 0 Å². The second-order valence-electron chi connectivity index (χ2n) is 7.58. The van der Waals surface area contributed by atoms with Gasteiger partial charge >= 0.3 is 5.97 Å². The molecule has 0 unspecified atom stereocenters. The number of hydrogen-bond donors (Lipinski definition) is 1. The van der Waals surface area contributed by atoms with Crippen LogP contribution >= 0.6 is 0 Å². The number of hydrogen-bond acceptors (Lipinski definition) is 6. The van der Waals surface area contributed by atoms with Crippen molar-refractivity contribution in [2.75, 3.05) is 7.11 Å². The molecule has 0 bridgehead atoms. The van der Waals surface area contributed by atoms with Gasteiger partial charge < -0.3 is 19.3 Å². The van der Waals surface area contributed by atoms with Crippen LogP contribution in [0.2, 0.25) is 0 Å². The molecule has 1 aliphatic heterocycles. The van der Waals surface area contributed by atoms with Gasteiger partial charge in [-0.3, -0.25) is 4.79 Å². The molecule has 0 radical (unpaired) electrons. The average molecular weight is 424 g/mol. The highest BCUT2D eigenvalue weighted by Gasteiger charge is 2.28. The van der Waals surface area contributed by atoms with Crippen LogP contribution in [0.3, 0.4) is 0 Å². The van der Waals surface area contributed by atoms with Gasteiger partial charge in [0, 0.05) is 12.7 Å². The van der Waals surface area contributed by atoms with E-state index < -0.39 is 18.2 Å². The van der Waals surface area contributed by atoms with E-state index in [4.69, 9.17) is 14.2 Å². The maximum absolute atomic E-state index is 13.2. The lowest BCUT2D eigenvalue weighted by Crippen LogP contribution is -2.32. The third-order valence-electron chi connectivity index (χ3n) is 5.44. The lowest BCUT2D eigenvalue weighted by atomic mass is 10.0. The van der Waals surface area contributed by atoms with Crippen LogP contribution in [0, 0.1) is 6.92 Å². The van der Waals surface area contributed by atoms with E-state index in [1.165, 1.54) is 6.07 Å². The number of benzene rings is 2. The molecule has 0 amide bonds. The molecule has 0 aliphatic carbocycles. The standard InChI is InChI=1S/C25H28O6/c1-4-5-6-9-22-21(29-3)13-11-17-18(15-26)19(27)12-14-20(17)30-23-10-7-8-16(2)24(23)25(28)31-22/h7-8,10-15,21-22,27H,4-6,9H2,1-3H3/b13-11+/t21-,22+/m1/s1. The minimum Gasteiger partial charge on any atom is -0.507 e. The van der Waals surface area contributed by atoms with Crippen molar-refractivity contribution in [3.8, 4) is 17.2 Å². The zero-order chi connectivity index (χ0) is 22.4. The van der Waals surface area contributed by atoms with Crippen molar-refractivity contribution in [3.05, 3.63) is 58.7 Å². The van der Waals surface area contributed by atoms with Crippen molar-refractivity contribution >= 4 is 18.3 Å². The van der Waals surface area contributed by atoms with Crippen LogP contribution < -0.4 is 4.74 Å². The number of esters is 1. The van der Waals surface area contributed by atoms with Crippen LogP contribution in [0.4, 0.5) is 0 Å². The fraction of sp³-hybridized carbons (Fsp3) is 0.360. The fourth-order valence-electron chi connectivity index (χ4n) is 3.72. The van der Waals surface area contributed by atoms with Gasteiger partial charge in [0.05, 0.1) is 5.56 Å². The van der Waals surface area contributed by atoms with E-state index in [1.54, 1.807) is 37.5 Å². The van der Waals surface area contributed by atoms with Crippen LogP contribution in [-0.4, -0.2) is 36.7 Å². The summed E-state index contributed by atoms with van der Waals surface area (Å²) in [6.45, 7) is 3.92. The van der Waals surface area contributed by atoms with Crippen LogP contribution in [0.15, 0.2) is 36.4 Å². The highest BCUT2D eigenvalue weighted by atomic mass is 16.6. The van der Waals surface area contributed by atoms with E-state index in [0.29, 0.717) is 40.9 Å². The summed E-state index contributed by atoms with van der Waals surface area (Å²) < 4.78 is 17.6. The minimum absolute atomic E-state index is 0.104. The lowest BCUT2D eigenvalue weighted by Gasteiger charge is -2.24. The number of cyclic esters (lactones) is 1. The second-order valence-corrected chi connectivity index (χ2v) is 7.58. The van der Waals surface area contributed by atoms with Crippen molar-refractivity contribution in [1.82, 2.24) is 0 Å². The van der Waals surface area contributed by atoms with Gasteiger partial charge in [0.15, 0.2) is 6.29 Å². The second kappa shape index (κ2) is 10.3. The molecule has 2 atom stereocenters. The first-order chi connectivity index (χ1) is 15.0. The molecule has 2 aromatic rings. The average Bonchev–Trinajstić information content (AvgIpc) is 2.77. The number of carbonyl (C=O) groups excluding carboxylic acids is 2. The number of unbranched alkanes of at least 4 members (excludes halogenated alkanes) is 2. The Kier molecular flexibility index (Phi) is 7.47. The van der Waals surface area contributed by atoms with E-state index in [1.807, 2.05) is 13.0 Å². The summed E-state index contributed by atoms with van der Waals surface area (Å²) in [4.78, 5) is 24.9. The van der Waals surface area contributed by atoms with Gasteiger partial charge in [-0.05, 0) is 43.5 Å². The molecule has 2 aromatic carbocycles. The van der Waals surface area contributed by atoms with Crippen LogP contribution in [-0.2, 0) is 9.47 Å². The first kappa shape index (κ1) is 22.6. The number of ether oxygens (including phenoxy) is 3. The first-order valence-electron chi connectivity index (χ1n) is 10.5. The number of phenols is 1. The Morgan fingerprint density at radius 3 is 2.68 bits per heavy atom. The maximum atomic E-state index is 13.2. The Balaban J connectivity index is 2.18. The van der Waals surface area contributed by atoms with Crippen molar-refractivity contribution < 1.29 is 28.9 Å². The normalized spacial score (nSPS) is 19.3. The maximum Gasteiger partial charge on any atom is 0.342 e. The summed E-state index contributed by atoms with van der Waals surface area (Å²) in [6.07, 6.45) is 6.54. The molecule has 1 N–H and O–H groups in total. The first-order valence-corrected chi connectivity index (χ1v) is 10.5. The van der Waals surface area contributed by atoms with Crippen molar-refractivity contribution in [2.45, 2.75) is 51.7 Å². The van der Waals surface area contributed by atoms with Crippen LogP contribution in [0.25, 0.3) is 6.08 Å². The molecule has 6 heteroatoms. The van der Waals surface area contributed by atoms with E-state index in [-0.39, 0.29) is 11.3 Å². The monoisotopic (exact) mass is 424 g/mol. The van der Waals surface area contributed by atoms with Gasteiger partial charge in [-0.15, -0.1) is 0 Å². The summed E-state index contributed by atoms with van der Waals surface area (Å²) >= 11 is 0. The third-order valence-corrected chi connectivity index (χ3v) is 5.44. The Hall–Kier alpha value is -3.12. The van der Waals surface area contributed by atoms with Crippen molar-refractivity contribution in [3.63, 3.8) is 0 Å². The van der Waals surface area contributed by atoms with Gasteiger partial charge in [0.25, 0.3) is 0 Å². The number of fused-ring (bicyclic) bond motifs is 2. The van der Waals surface area contributed by atoms with E-state index in [2.05, 4.69) is 6.92 Å². The number of carbonyl (C=O) groups is 2. The minimum atomic E-state index is -0.527. The fourth-order valence-corrected chi connectivity index (χ4v) is 3.72. The smallest absolute Gasteiger partial charge is 0.342 e. The number of methoxy groups -OCH3 is 1. The summed E-state index contributed by atoms with van der Waals surface area (Å²) in [5.41, 5.74) is 1.55. The highest BCUT2D eigenvalue weighted by Crippen LogP contribution is 2.36. The van der Waals surface area contributed by atoms with Crippen LogP contribution in [0.5, 0.6) is 17.2 Å². The van der Waals surface area contributed by atoms with Gasteiger partial charge in [-0.2, -0.15) is 0 Å². The Morgan fingerprint density at radius 2 is 1.97 bits per heavy atom. The zero-order valence-electron chi connectivity index (χ0n) is 18.1. The third kappa shape index (κ3) is 4.97. The van der Waals surface area contributed by atoms with Gasteiger partial charge in [-0.1, -0.05) is 44.1 Å². The SMILES string of the molecule is CCCCC[C@@H]1OC(=O)c2c(C)cccc2Oc2ccc(O)c(C=O)c2/C=C/[C@H]1OC. The van der Waals surface area contributed by atoms with Gasteiger partial charge in [0.1, 0.15) is 35.0 Å². The lowest BCUT2D eigenvalue weighted by molar-refractivity contribution is -0.0213. The molecular formula is C25H28O6. The molecular weight excluding hydrogens is 396 g/mol. The van der Waals surface area contributed by atoms with Crippen LogP contribution in [0.1, 0.15) is 64.4 Å². The topological polar surface area (TPSA) is 82.1 Å². The van der Waals surface area contributed by atoms with E-state index in [9.17, 15) is 14.7 Å². The highest BCUT2D eigenvalue weighted by molar-refractivity contribution is 5.95. The predicted octanol–water partition coefficient (Wildman–Crippen LogP) is 5.45. The molecule has 0 aromatic heterocycles. The molecule has 0 spiro atoms. The molecule has 0 fully saturated rings. The quantitative estimate of drug-likeness (QED) is 0.377. The summed E-state index contributed by atoms with van der Waals surface area (Å²) in [5, 5.41) is 10.2. The molecule has 3 rings (SSSR count). The Bertz CT molecular complexity index is 978. The summed E-state index contributed by atoms with van der Waals surface area (Å²) in [5.74, 6) is 0.0328. The summed E-state index contributed by atoms with van der Waals surface area (Å²) in [7, 11) is 1.55. The number of phenolic OH excluding ortho intramolecular Hbond substituents is 1.